The Balaban J connectivity index is 0.000000154. The van der Waals surface area contributed by atoms with Gasteiger partial charge in [-0.2, -0.15) is 10.2 Å². The average Bonchev–Trinajstić information content (AvgIpc) is 3.98. The summed E-state index contributed by atoms with van der Waals surface area (Å²) in [6.45, 7) is 0. The fourth-order valence-corrected chi connectivity index (χ4v) is 11.0. The molecule has 0 bridgehead atoms. The summed E-state index contributed by atoms with van der Waals surface area (Å²) >= 11 is 1.82. The van der Waals surface area contributed by atoms with Gasteiger partial charge >= 0.3 is 33.0 Å². The van der Waals surface area contributed by atoms with Gasteiger partial charge in [-0.1, -0.05) is 109 Å². The number of carbonyl (C=O) groups is 1. The number of hydrogen-bond donors (Lipinski definition) is 1. The average molecular weight is 855 g/mol. The molecule has 0 aliphatic carbocycles. The van der Waals surface area contributed by atoms with Gasteiger partial charge in [-0.3, -0.25) is 0 Å². The van der Waals surface area contributed by atoms with Crippen LogP contribution in [-0.4, -0.2) is 30.6 Å². The number of rotatable bonds is 9. The fourth-order valence-electron chi connectivity index (χ4n) is 5.83. The second-order valence-electron chi connectivity index (χ2n) is 11.6. The van der Waals surface area contributed by atoms with Crippen molar-refractivity contribution in [1.82, 2.24) is 19.6 Å². The Labute approximate surface area is 333 Å². The molecule has 271 valence electrons. The molecule has 1 N–H and O–H groups in total. The van der Waals surface area contributed by atoms with E-state index in [0.717, 1.165) is 0 Å². The first-order valence-corrected chi connectivity index (χ1v) is 22.3. The van der Waals surface area contributed by atoms with Crippen molar-refractivity contribution in [2.45, 2.75) is 6.17 Å². The predicted octanol–water partition coefficient (Wildman–Crippen LogP) is 7.25. The molecule has 0 spiro atoms. The first-order chi connectivity index (χ1) is 26.7. The molecule has 8 rings (SSSR count). The van der Waals surface area contributed by atoms with Gasteiger partial charge in [0.1, 0.15) is 31.8 Å². The van der Waals surface area contributed by atoms with E-state index in [2.05, 4.69) is 202 Å². The number of carboxylic acids is 1. The van der Waals surface area contributed by atoms with Crippen LogP contribution >= 0.6 is 25.5 Å². The maximum absolute atomic E-state index is 11.0. The van der Waals surface area contributed by atoms with Gasteiger partial charge < -0.3 is 5.11 Å². The Hall–Kier alpha value is -5.02. The Morgan fingerprint density at radius 3 is 0.833 bits per heavy atom. The summed E-state index contributed by atoms with van der Waals surface area (Å²) in [5, 5.41) is 25.3. The van der Waals surface area contributed by atoms with Gasteiger partial charge in [0.25, 0.3) is 0 Å². The largest absolute Gasteiger partial charge is 0.102 e. The van der Waals surface area contributed by atoms with E-state index in [-0.39, 0.29) is 0 Å². The van der Waals surface area contributed by atoms with E-state index in [0.29, 0.717) is 0 Å². The third-order valence-electron chi connectivity index (χ3n) is 8.15. The molecule has 10 heteroatoms. The Kier molecular flexibility index (Phi) is 16.6. The summed E-state index contributed by atoms with van der Waals surface area (Å²) in [6, 6.07) is 68.3. The molecule has 2 heterocycles. The van der Waals surface area contributed by atoms with Crippen LogP contribution in [0.4, 0.5) is 0 Å². The summed E-state index contributed by atoms with van der Waals surface area (Å²) in [4.78, 5) is 11.0. The molecular formula is C44H40ClN4O2P2Ru+2. The van der Waals surface area contributed by atoms with E-state index in [1.807, 2.05) is 17.3 Å². The first-order valence-electron chi connectivity index (χ1n) is 17.1. The molecule has 0 radical (unpaired) electrons. The van der Waals surface area contributed by atoms with Crippen LogP contribution in [0.3, 0.4) is 0 Å². The molecular weight excluding hydrogens is 815 g/mol. The second kappa shape index (κ2) is 22.3. The minimum Gasteiger partial charge on any atom is -0.0620 e. The molecule has 0 saturated carbocycles. The number of aliphatic carboxylic acids is 1. The monoisotopic (exact) mass is 855 g/mol. The van der Waals surface area contributed by atoms with Crippen molar-refractivity contribution in [2.75, 3.05) is 0 Å². The van der Waals surface area contributed by atoms with Crippen LogP contribution in [0, 0.1) is 0 Å². The van der Waals surface area contributed by atoms with Crippen LogP contribution in [0.2, 0.25) is 0 Å². The van der Waals surface area contributed by atoms with Gasteiger partial charge in [0.05, 0.1) is 15.8 Å². The summed E-state index contributed by atoms with van der Waals surface area (Å²) in [5.41, 5.74) is 0. The molecule has 0 aliphatic rings. The molecule has 6 nitrogen and oxygen atoms in total. The van der Waals surface area contributed by atoms with Crippen LogP contribution in [0.1, 0.15) is 6.17 Å². The molecule has 0 saturated heterocycles. The zero-order chi connectivity index (χ0) is 37.8. The van der Waals surface area contributed by atoms with E-state index in [9.17, 15) is 4.79 Å². The fraction of sp³-hybridized carbons (Fsp3) is 0.0227. The maximum Gasteiger partial charge on any atom is 0.102 e. The molecule has 54 heavy (non-hydrogen) atoms. The number of hydrogen-bond acceptors (Lipinski definition) is 3. The number of halogens is 1. The number of carboxylic acid groups (broad SMARTS) is 1. The van der Waals surface area contributed by atoms with Crippen LogP contribution in [-0.2, 0) is 22.1 Å². The van der Waals surface area contributed by atoms with E-state index in [4.69, 9.17) is 5.11 Å². The topological polar surface area (TPSA) is 72.9 Å². The van der Waals surface area contributed by atoms with Crippen LogP contribution in [0.5, 0.6) is 0 Å². The molecule has 8 aromatic rings. The predicted molar refractivity (Wildman–Crippen MR) is 225 cm³/mol. The SMILES string of the molecule is O=C(O)C(n1cccn1)n1cccn1.[Cl][Ru].c1ccc([PH+](c2ccccc2)c2ccccc2)cc1.c1ccc([PH+](c2ccccc2)c2ccccc2)cc1. The Morgan fingerprint density at radius 1 is 0.444 bits per heavy atom. The zero-order valence-corrected chi connectivity index (χ0v) is 33.7. The van der Waals surface area contributed by atoms with Crippen molar-refractivity contribution < 1.29 is 27.2 Å². The summed E-state index contributed by atoms with van der Waals surface area (Å²) < 4.78 is 2.66. The quantitative estimate of drug-likeness (QED) is 0.123. The van der Waals surface area contributed by atoms with Crippen molar-refractivity contribution in [1.29, 1.82) is 0 Å². The van der Waals surface area contributed by atoms with E-state index in [1.54, 1.807) is 24.5 Å². The first kappa shape index (κ1) is 40.2. The third kappa shape index (κ3) is 11.5. The smallest absolute Gasteiger partial charge is 0.0620 e. The molecule has 0 aliphatic heterocycles. The number of aromatic nitrogens is 4. The summed E-state index contributed by atoms with van der Waals surface area (Å²) in [5.74, 6) is -1.00. The van der Waals surface area contributed by atoms with Gasteiger partial charge in [0.2, 0.25) is 6.17 Å². The number of benzene rings is 6. The minimum atomic E-state index is -1.00. The normalized spacial score (nSPS) is 10.3. The molecule has 2 aromatic heterocycles. The zero-order valence-electron chi connectivity index (χ0n) is 29.2. The van der Waals surface area contributed by atoms with Gasteiger partial charge in [-0.15, -0.1) is 0 Å². The van der Waals surface area contributed by atoms with Gasteiger partial charge in [0.15, 0.2) is 0 Å². The van der Waals surface area contributed by atoms with Crippen molar-refractivity contribution in [3.63, 3.8) is 0 Å². The molecule has 0 unspecified atom stereocenters. The van der Waals surface area contributed by atoms with Crippen molar-refractivity contribution in [3.8, 4) is 0 Å². The number of nitrogens with zero attached hydrogens (tertiary/aromatic N) is 4. The maximum atomic E-state index is 11.0. The standard InChI is InChI=1S/2C18H15P.C8H8N4O2.ClH.Ru/c2*1-4-10-16(11-5-1)19(17-12-6-2-7-13-17)18-14-8-3-9-15-18;13-8(14)7(11-5-1-3-9-11)12-6-2-4-10-12;;/h2*1-15H;1-7H,(H,13,14);1H;/q;;;;+1/p+1. The molecule has 6 aromatic carbocycles. The third-order valence-corrected chi connectivity index (χ3v) is 13.6. The van der Waals surface area contributed by atoms with E-state index >= 15 is 0 Å². The molecule has 0 amide bonds. The van der Waals surface area contributed by atoms with Crippen molar-refractivity contribution in [3.05, 3.63) is 219 Å². The summed E-state index contributed by atoms with van der Waals surface area (Å²) in [6.07, 6.45) is 5.31. The van der Waals surface area contributed by atoms with Crippen molar-refractivity contribution >= 4 is 63.3 Å². The van der Waals surface area contributed by atoms with Gasteiger partial charge in [0, 0.05) is 24.8 Å². The molecule has 0 atom stereocenters. The van der Waals surface area contributed by atoms with Crippen molar-refractivity contribution in [2.24, 2.45) is 0 Å². The minimum absolute atomic E-state index is 0.877. The van der Waals surface area contributed by atoms with Crippen LogP contribution in [0.25, 0.3) is 0 Å². The summed E-state index contributed by atoms with van der Waals surface area (Å²) in [7, 11) is 2.81. The Morgan fingerprint density at radius 2 is 0.667 bits per heavy atom. The van der Waals surface area contributed by atoms with Gasteiger partial charge in [-0.25, -0.2) is 14.2 Å². The van der Waals surface area contributed by atoms with Gasteiger partial charge in [-0.05, 0) is 84.9 Å². The Bertz CT molecular complexity index is 1830. The van der Waals surface area contributed by atoms with Crippen LogP contribution < -0.4 is 31.8 Å². The van der Waals surface area contributed by atoms with E-state index in [1.165, 1.54) is 53.6 Å². The van der Waals surface area contributed by atoms with Crippen LogP contribution in [0.15, 0.2) is 219 Å². The second-order valence-corrected chi connectivity index (χ2v) is 16.6. The molecule has 0 fully saturated rings. The van der Waals surface area contributed by atoms with E-state index < -0.39 is 28.0 Å².